The van der Waals surface area contributed by atoms with E-state index in [0.717, 1.165) is 13.1 Å². The molecule has 20 heavy (non-hydrogen) atoms. The van der Waals surface area contributed by atoms with Crippen molar-refractivity contribution >= 4 is 5.69 Å². The Morgan fingerprint density at radius 3 is 2.10 bits per heavy atom. The van der Waals surface area contributed by atoms with Gasteiger partial charge in [-0.05, 0) is 44.5 Å². The van der Waals surface area contributed by atoms with E-state index in [-0.39, 0.29) is 5.69 Å². The second kappa shape index (κ2) is 6.50. The zero-order valence-corrected chi connectivity index (χ0v) is 12.2. The first-order valence-electron chi connectivity index (χ1n) is 7.20. The molecule has 1 aromatic carbocycles. The summed E-state index contributed by atoms with van der Waals surface area (Å²) in [5.74, 6) is -0.960. The number of nitrogens with two attached hydrogens (primary N) is 1. The van der Waals surface area contributed by atoms with Gasteiger partial charge in [0.2, 0.25) is 0 Å². The summed E-state index contributed by atoms with van der Waals surface area (Å²) < 4.78 is 28.3. The van der Waals surface area contributed by atoms with Crippen molar-refractivity contribution in [3.05, 3.63) is 29.3 Å². The van der Waals surface area contributed by atoms with E-state index >= 15 is 0 Å². The first-order valence-corrected chi connectivity index (χ1v) is 7.20. The van der Waals surface area contributed by atoms with Gasteiger partial charge in [-0.3, -0.25) is 4.90 Å². The summed E-state index contributed by atoms with van der Waals surface area (Å²) in [7, 11) is 0. The van der Waals surface area contributed by atoms with Crippen LogP contribution in [0.2, 0.25) is 0 Å². The predicted molar refractivity (Wildman–Crippen MR) is 78.0 cm³/mol. The molecule has 3 nitrogen and oxygen atoms in total. The number of hydrogen-bond acceptors (Lipinski definition) is 3. The lowest BCUT2D eigenvalue weighted by Gasteiger charge is -2.38. The number of nitrogens with zero attached hydrogens (tertiary/aromatic N) is 2. The zero-order valence-electron chi connectivity index (χ0n) is 12.2. The Morgan fingerprint density at radius 2 is 1.65 bits per heavy atom. The van der Waals surface area contributed by atoms with E-state index in [1.807, 2.05) is 0 Å². The first-order chi connectivity index (χ1) is 9.52. The van der Waals surface area contributed by atoms with Gasteiger partial charge in [0.25, 0.3) is 0 Å². The van der Waals surface area contributed by atoms with Crippen LogP contribution in [-0.2, 0) is 6.42 Å². The van der Waals surface area contributed by atoms with Gasteiger partial charge >= 0.3 is 0 Å². The van der Waals surface area contributed by atoms with E-state index in [4.69, 9.17) is 5.73 Å². The van der Waals surface area contributed by atoms with E-state index in [1.165, 1.54) is 12.1 Å². The molecule has 2 rings (SSSR count). The summed E-state index contributed by atoms with van der Waals surface area (Å²) in [5, 5.41) is 0. The van der Waals surface area contributed by atoms with E-state index in [0.29, 0.717) is 37.7 Å². The lowest BCUT2D eigenvalue weighted by molar-refractivity contribution is 0.208. The number of halogens is 2. The average molecular weight is 283 g/mol. The van der Waals surface area contributed by atoms with Crippen molar-refractivity contribution < 1.29 is 8.78 Å². The SMILES string of the molecule is CC(C)N1CCN(c2c(F)cc(CCN)cc2F)CC1. The number of anilines is 1. The van der Waals surface area contributed by atoms with Crippen molar-refractivity contribution in [3.63, 3.8) is 0 Å². The highest BCUT2D eigenvalue weighted by molar-refractivity contribution is 5.51. The van der Waals surface area contributed by atoms with E-state index in [2.05, 4.69) is 18.7 Å². The second-order valence-corrected chi connectivity index (χ2v) is 5.56. The fraction of sp³-hybridized carbons (Fsp3) is 0.600. The Hall–Kier alpha value is -1.20. The van der Waals surface area contributed by atoms with Gasteiger partial charge in [-0.2, -0.15) is 0 Å². The molecular formula is C15H23F2N3. The number of rotatable bonds is 4. The molecule has 0 bridgehead atoms. The maximum Gasteiger partial charge on any atom is 0.149 e. The summed E-state index contributed by atoms with van der Waals surface area (Å²) in [6.45, 7) is 7.65. The third-order valence-corrected chi connectivity index (χ3v) is 3.87. The minimum Gasteiger partial charge on any atom is -0.364 e. The van der Waals surface area contributed by atoms with Gasteiger partial charge < -0.3 is 10.6 Å². The Morgan fingerprint density at radius 1 is 1.10 bits per heavy atom. The molecule has 0 radical (unpaired) electrons. The van der Waals surface area contributed by atoms with Crippen molar-refractivity contribution in [2.24, 2.45) is 5.73 Å². The molecule has 0 unspecified atom stereocenters. The van der Waals surface area contributed by atoms with E-state index in [1.54, 1.807) is 4.90 Å². The molecule has 0 amide bonds. The monoisotopic (exact) mass is 283 g/mol. The maximum absolute atomic E-state index is 14.1. The molecule has 0 aliphatic carbocycles. The Bertz CT molecular complexity index is 431. The van der Waals surface area contributed by atoms with Crippen LogP contribution in [-0.4, -0.2) is 43.7 Å². The molecule has 1 fully saturated rings. The van der Waals surface area contributed by atoms with Gasteiger partial charge in [-0.25, -0.2) is 8.78 Å². The summed E-state index contributed by atoms with van der Waals surface area (Å²) in [6, 6.07) is 3.28. The summed E-state index contributed by atoms with van der Waals surface area (Å²) >= 11 is 0. The highest BCUT2D eigenvalue weighted by Crippen LogP contribution is 2.26. The summed E-state index contributed by atoms with van der Waals surface area (Å²) in [6.07, 6.45) is 0.495. The molecule has 0 atom stereocenters. The van der Waals surface area contributed by atoms with Crippen LogP contribution in [0.4, 0.5) is 14.5 Å². The minimum absolute atomic E-state index is 0.106. The van der Waals surface area contributed by atoms with Gasteiger partial charge in [0.1, 0.15) is 17.3 Å². The highest BCUT2D eigenvalue weighted by atomic mass is 19.1. The van der Waals surface area contributed by atoms with Crippen molar-refractivity contribution in [2.45, 2.75) is 26.3 Å². The lowest BCUT2D eigenvalue weighted by atomic mass is 10.1. The molecule has 0 spiro atoms. The van der Waals surface area contributed by atoms with Crippen LogP contribution >= 0.6 is 0 Å². The molecular weight excluding hydrogens is 260 g/mol. The number of hydrogen-bond donors (Lipinski definition) is 1. The van der Waals surface area contributed by atoms with E-state index in [9.17, 15) is 8.78 Å². The third kappa shape index (κ3) is 3.27. The third-order valence-electron chi connectivity index (χ3n) is 3.87. The van der Waals surface area contributed by atoms with Crippen LogP contribution in [0.1, 0.15) is 19.4 Å². The van der Waals surface area contributed by atoms with Crippen molar-refractivity contribution in [1.29, 1.82) is 0 Å². The standard InChI is InChI=1S/C15H23F2N3/c1-11(2)19-5-7-20(8-6-19)15-13(16)9-12(3-4-18)10-14(15)17/h9-11H,3-8,18H2,1-2H3. The van der Waals surface area contributed by atoms with E-state index < -0.39 is 11.6 Å². The Balaban J connectivity index is 2.14. The Kier molecular flexibility index (Phi) is 4.94. The van der Waals surface area contributed by atoms with Crippen molar-refractivity contribution in [3.8, 4) is 0 Å². The molecule has 1 aliphatic rings. The number of piperazine rings is 1. The molecule has 2 N–H and O–H groups in total. The fourth-order valence-corrected chi connectivity index (χ4v) is 2.69. The van der Waals surface area contributed by atoms with Crippen LogP contribution in [0.15, 0.2) is 12.1 Å². The number of benzene rings is 1. The van der Waals surface area contributed by atoms with Gasteiger partial charge in [0.15, 0.2) is 0 Å². The zero-order chi connectivity index (χ0) is 14.7. The van der Waals surface area contributed by atoms with Crippen molar-refractivity contribution in [1.82, 2.24) is 4.90 Å². The lowest BCUT2D eigenvalue weighted by Crippen LogP contribution is -2.49. The van der Waals surface area contributed by atoms with Crippen LogP contribution < -0.4 is 10.6 Å². The molecule has 0 saturated carbocycles. The van der Waals surface area contributed by atoms with Crippen LogP contribution in [0, 0.1) is 11.6 Å². The topological polar surface area (TPSA) is 32.5 Å². The largest absolute Gasteiger partial charge is 0.364 e. The molecule has 1 saturated heterocycles. The van der Waals surface area contributed by atoms with Crippen LogP contribution in [0.5, 0.6) is 0 Å². The summed E-state index contributed by atoms with van der Waals surface area (Å²) in [4.78, 5) is 4.12. The first kappa shape index (κ1) is 15.2. The molecule has 1 heterocycles. The van der Waals surface area contributed by atoms with Gasteiger partial charge in [-0.1, -0.05) is 0 Å². The van der Waals surface area contributed by atoms with Crippen molar-refractivity contribution in [2.75, 3.05) is 37.6 Å². The van der Waals surface area contributed by atoms with Gasteiger partial charge in [0.05, 0.1) is 0 Å². The Labute approximate surface area is 119 Å². The molecule has 1 aliphatic heterocycles. The summed E-state index contributed by atoms with van der Waals surface area (Å²) in [5.41, 5.74) is 6.15. The highest BCUT2D eigenvalue weighted by Gasteiger charge is 2.23. The fourth-order valence-electron chi connectivity index (χ4n) is 2.69. The maximum atomic E-state index is 14.1. The average Bonchev–Trinajstić information content (AvgIpc) is 2.39. The predicted octanol–water partition coefficient (Wildman–Crippen LogP) is 2.00. The van der Waals surface area contributed by atoms with Crippen LogP contribution in [0.3, 0.4) is 0 Å². The smallest absolute Gasteiger partial charge is 0.149 e. The molecule has 0 aromatic heterocycles. The minimum atomic E-state index is -0.480. The normalized spacial score (nSPS) is 17.0. The van der Waals surface area contributed by atoms with Crippen LogP contribution in [0.25, 0.3) is 0 Å². The molecule has 112 valence electrons. The molecule has 1 aromatic rings. The second-order valence-electron chi connectivity index (χ2n) is 5.56. The van der Waals surface area contributed by atoms with Gasteiger partial charge in [0, 0.05) is 32.2 Å². The quantitative estimate of drug-likeness (QED) is 0.917. The van der Waals surface area contributed by atoms with Gasteiger partial charge in [-0.15, -0.1) is 0 Å². The molecule has 5 heteroatoms.